The summed E-state index contributed by atoms with van der Waals surface area (Å²) in [6.45, 7) is 0. The standard InChI is InChI=1S/C44H30N2O/c1-4-15-31(16-5-1)36-21-10-12-25-40(36)45(33-17-6-2-7-18-33)35-29-27-32(28-30-35)37-23-14-24-39-42-44(47-43(37)39)38-22-11-13-26-41(38)46(42)34-19-8-3-9-20-34/h1-30H. The summed E-state index contributed by atoms with van der Waals surface area (Å²) < 4.78 is 9.13. The van der Waals surface area contributed by atoms with Crippen LogP contribution < -0.4 is 4.90 Å². The van der Waals surface area contributed by atoms with E-state index in [0.717, 1.165) is 66.8 Å². The molecule has 0 saturated heterocycles. The van der Waals surface area contributed by atoms with Gasteiger partial charge in [0.05, 0.1) is 11.2 Å². The lowest BCUT2D eigenvalue weighted by atomic mass is 10.0. The molecule has 0 fully saturated rings. The molecule has 0 unspecified atom stereocenters. The fourth-order valence-corrected chi connectivity index (χ4v) is 6.89. The van der Waals surface area contributed by atoms with Gasteiger partial charge in [0, 0.05) is 39.0 Å². The van der Waals surface area contributed by atoms with Gasteiger partial charge in [-0.3, -0.25) is 0 Å². The van der Waals surface area contributed by atoms with Crippen molar-refractivity contribution in [3.8, 4) is 27.9 Å². The van der Waals surface area contributed by atoms with Gasteiger partial charge >= 0.3 is 0 Å². The fraction of sp³-hybridized carbons (Fsp3) is 0. The largest absolute Gasteiger partial charge is 0.453 e. The fourth-order valence-electron chi connectivity index (χ4n) is 6.89. The van der Waals surface area contributed by atoms with Gasteiger partial charge in [-0.15, -0.1) is 0 Å². The average Bonchev–Trinajstić information content (AvgIpc) is 3.69. The van der Waals surface area contributed by atoms with Crippen molar-refractivity contribution in [3.05, 3.63) is 182 Å². The first-order valence-electron chi connectivity index (χ1n) is 16.0. The van der Waals surface area contributed by atoms with E-state index >= 15 is 0 Å². The second kappa shape index (κ2) is 11.2. The van der Waals surface area contributed by atoms with Gasteiger partial charge in [0.15, 0.2) is 5.58 Å². The van der Waals surface area contributed by atoms with E-state index in [1.165, 1.54) is 11.1 Å². The number of hydrogen-bond acceptors (Lipinski definition) is 2. The second-order valence-electron chi connectivity index (χ2n) is 11.8. The first-order chi connectivity index (χ1) is 23.3. The Balaban J connectivity index is 1.19. The topological polar surface area (TPSA) is 21.3 Å². The lowest BCUT2D eigenvalue weighted by Crippen LogP contribution is -2.11. The monoisotopic (exact) mass is 602 g/mol. The molecule has 222 valence electrons. The zero-order chi connectivity index (χ0) is 31.2. The molecule has 0 N–H and O–H groups in total. The molecule has 3 nitrogen and oxygen atoms in total. The Morgan fingerprint density at radius 2 is 0.979 bits per heavy atom. The summed E-state index contributed by atoms with van der Waals surface area (Å²) >= 11 is 0. The predicted molar refractivity (Wildman–Crippen MR) is 196 cm³/mol. The Kier molecular flexibility index (Phi) is 6.46. The van der Waals surface area contributed by atoms with Crippen molar-refractivity contribution in [2.45, 2.75) is 0 Å². The molecule has 9 rings (SSSR count). The number of aromatic nitrogens is 1. The van der Waals surface area contributed by atoms with Crippen LogP contribution in [0.1, 0.15) is 0 Å². The Labute approximate surface area is 273 Å². The summed E-state index contributed by atoms with van der Waals surface area (Å²) in [5.74, 6) is 0. The van der Waals surface area contributed by atoms with E-state index in [2.05, 4.69) is 191 Å². The highest BCUT2D eigenvalue weighted by Gasteiger charge is 2.22. The van der Waals surface area contributed by atoms with Gasteiger partial charge in [-0.1, -0.05) is 121 Å². The van der Waals surface area contributed by atoms with Crippen LogP contribution >= 0.6 is 0 Å². The van der Waals surface area contributed by atoms with Crippen molar-refractivity contribution in [2.75, 3.05) is 4.90 Å². The van der Waals surface area contributed by atoms with Crippen LogP contribution in [0.2, 0.25) is 0 Å². The molecule has 0 bridgehead atoms. The maximum Gasteiger partial charge on any atom is 0.161 e. The lowest BCUT2D eigenvalue weighted by Gasteiger charge is -2.28. The zero-order valence-corrected chi connectivity index (χ0v) is 25.6. The van der Waals surface area contributed by atoms with E-state index in [1.807, 2.05) is 0 Å². The number of para-hydroxylation sites is 5. The molecule has 2 heterocycles. The summed E-state index contributed by atoms with van der Waals surface area (Å²) in [6.07, 6.45) is 0. The Morgan fingerprint density at radius 3 is 1.77 bits per heavy atom. The minimum absolute atomic E-state index is 0.898. The van der Waals surface area contributed by atoms with Crippen LogP contribution in [0.5, 0.6) is 0 Å². The number of fused-ring (bicyclic) bond motifs is 5. The molecule has 0 radical (unpaired) electrons. The molecule has 0 saturated carbocycles. The minimum Gasteiger partial charge on any atom is -0.453 e. The third-order valence-corrected chi connectivity index (χ3v) is 9.00. The number of furan rings is 1. The molecule has 0 aliphatic carbocycles. The molecule has 0 spiro atoms. The van der Waals surface area contributed by atoms with Crippen molar-refractivity contribution in [2.24, 2.45) is 0 Å². The molecule has 0 aliphatic rings. The molecular formula is C44H30N2O. The molecule has 0 aliphatic heterocycles. The molecule has 0 atom stereocenters. The first-order valence-corrected chi connectivity index (χ1v) is 16.0. The van der Waals surface area contributed by atoms with Gasteiger partial charge in [0.1, 0.15) is 11.1 Å². The van der Waals surface area contributed by atoms with Crippen LogP contribution in [-0.4, -0.2) is 4.57 Å². The van der Waals surface area contributed by atoms with Crippen LogP contribution in [0, 0.1) is 0 Å². The number of anilines is 3. The van der Waals surface area contributed by atoms with E-state index in [1.54, 1.807) is 0 Å². The SMILES string of the molecule is c1ccc(-c2ccccc2N(c2ccccc2)c2ccc(-c3cccc4c3oc3c5ccccc5n(-c5ccccc5)c43)cc2)cc1. The van der Waals surface area contributed by atoms with Crippen molar-refractivity contribution in [1.82, 2.24) is 4.57 Å². The highest BCUT2D eigenvalue weighted by Crippen LogP contribution is 2.44. The first kappa shape index (κ1) is 27.0. The van der Waals surface area contributed by atoms with Crippen molar-refractivity contribution in [1.29, 1.82) is 0 Å². The summed E-state index contributed by atoms with van der Waals surface area (Å²) in [5.41, 5.74) is 13.0. The molecular weight excluding hydrogens is 572 g/mol. The summed E-state index contributed by atoms with van der Waals surface area (Å²) in [4.78, 5) is 2.34. The normalized spacial score (nSPS) is 11.4. The number of nitrogens with zero attached hydrogens (tertiary/aromatic N) is 2. The third-order valence-electron chi connectivity index (χ3n) is 9.00. The molecule has 9 aromatic rings. The van der Waals surface area contributed by atoms with E-state index in [4.69, 9.17) is 4.42 Å². The highest BCUT2D eigenvalue weighted by molar-refractivity contribution is 6.18. The summed E-state index contributed by atoms with van der Waals surface area (Å²) in [6, 6.07) is 64.1. The van der Waals surface area contributed by atoms with Gasteiger partial charge in [-0.25, -0.2) is 0 Å². The quantitative estimate of drug-likeness (QED) is 0.189. The highest BCUT2D eigenvalue weighted by atomic mass is 16.3. The van der Waals surface area contributed by atoms with Crippen molar-refractivity contribution >= 4 is 50.0 Å². The van der Waals surface area contributed by atoms with Gasteiger partial charge < -0.3 is 13.9 Å². The van der Waals surface area contributed by atoms with E-state index in [0.29, 0.717) is 0 Å². The Morgan fingerprint density at radius 1 is 0.404 bits per heavy atom. The second-order valence-corrected chi connectivity index (χ2v) is 11.8. The van der Waals surface area contributed by atoms with Crippen LogP contribution in [0.4, 0.5) is 17.1 Å². The molecule has 2 aromatic heterocycles. The van der Waals surface area contributed by atoms with Crippen LogP contribution in [0.25, 0.3) is 60.9 Å². The van der Waals surface area contributed by atoms with E-state index in [-0.39, 0.29) is 0 Å². The van der Waals surface area contributed by atoms with Crippen LogP contribution in [0.15, 0.2) is 186 Å². The van der Waals surface area contributed by atoms with Gasteiger partial charge in [-0.05, 0) is 71.8 Å². The van der Waals surface area contributed by atoms with E-state index in [9.17, 15) is 0 Å². The smallest absolute Gasteiger partial charge is 0.161 e. The lowest BCUT2D eigenvalue weighted by molar-refractivity contribution is 0.674. The number of hydrogen-bond donors (Lipinski definition) is 0. The molecule has 3 heteroatoms. The van der Waals surface area contributed by atoms with Crippen molar-refractivity contribution < 1.29 is 4.42 Å². The molecule has 7 aromatic carbocycles. The maximum atomic E-state index is 6.80. The molecule has 0 amide bonds. The minimum atomic E-state index is 0.898. The number of benzene rings is 7. The summed E-state index contributed by atoms with van der Waals surface area (Å²) in [7, 11) is 0. The van der Waals surface area contributed by atoms with Gasteiger partial charge in [0.25, 0.3) is 0 Å². The van der Waals surface area contributed by atoms with E-state index < -0.39 is 0 Å². The Bertz CT molecular complexity index is 2490. The van der Waals surface area contributed by atoms with Gasteiger partial charge in [-0.2, -0.15) is 0 Å². The molecule has 47 heavy (non-hydrogen) atoms. The number of rotatable bonds is 6. The maximum absolute atomic E-state index is 6.80. The van der Waals surface area contributed by atoms with Crippen LogP contribution in [0.3, 0.4) is 0 Å². The summed E-state index contributed by atoms with van der Waals surface area (Å²) in [5, 5.41) is 2.21. The average molecular weight is 603 g/mol. The van der Waals surface area contributed by atoms with Gasteiger partial charge in [0.2, 0.25) is 0 Å². The zero-order valence-electron chi connectivity index (χ0n) is 25.6. The van der Waals surface area contributed by atoms with Crippen molar-refractivity contribution in [3.63, 3.8) is 0 Å². The Hall–Kier alpha value is -6.32. The van der Waals surface area contributed by atoms with Crippen LogP contribution in [-0.2, 0) is 0 Å². The predicted octanol–water partition coefficient (Wildman–Crippen LogP) is 12.3. The third kappa shape index (κ3) is 4.52.